The molecule has 0 spiro atoms. The van der Waals surface area contributed by atoms with Crippen molar-refractivity contribution in [1.82, 2.24) is 5.32 Å². The Labute approximate surface area is 118 Å². The number of amidine groups is 1. The van der Waals surface area contributed by atoms with Crippen molar-refractivity contribution in [3.63, 3.8) is 0 Å². The molecule has 4 nitrogen and oxygen atoms in total. The second kappa shape index (κ2) is 6.70. The predicted octanol–water partition coefficient (Wildman–Crippen LogP) is 2.59. The van der Waals surface area contributed by atoms with E-state index in [4.69, 9.17) is 10.9 Å². The molecule has 1 unspecified atom stereocenters. The lowest BCUT2D eigenvalue weighted by Gasteiger charge is -2.21. The van der Waals surface area contributed by atoms with Crippen molar-refractivity contribution in [3.8, 4) is 0 Å². The number of hydrogen-bond acceptors (Lipinski definition) is 3. The number of rotatable bonds is 5. The van der Waals surface area contributed by atoms with Gasteiger partial charge in [-0.05, 0) is 43.4 Å². The standard InChI is InChI=1S/C15H22FN3O/c1-10(11-4-2-3-5-11)18-9-12-6-7-13(16)8-14(12)15(17)19-20/h6-8,10-11,18,20H,2-5,9H2,1H3,(H2,17,19). The molecule has 1 aliphatic carbocycles. The minimum absolute atomic E-state index is 0.0604. The Morgan fingerprint density at radius 1 is 1.50 bits per heavy atom. The van der Waals surface area contributed by atoms with Gasteiger partial charge in [-0.1, -0.05) is 24.1 Å². The molecule has 0 amide bonds. The number of nitrogens with two attached hydrogens (primary N) is 1. The van der Waals surface area contributed by atoms with Gasteiger partial charge >= 0.3 is 0 Å². The SMILES string of the molecule is CC(NCc1ccc(F)cc1C(N)=NO)C1CCCC1. The number of halogens is 1. The molecular formula is C15H22FN3O. The Hall–Kier alpha value is -1.62. The van der Waals surface area contributed by atoms with Crippen molar-refractivity contribution in [3.05, 3.63) is 35.1 Å². The van der Waals surface area contributed by atoms with Crippen LogP contribution in [0.15, 0.2) is 23.4 Å². The molecule has 0 radical (unpaired) electrons. The maximum atomic E-state index is 13.3. The van der Waals surface area contributed by atoms with Gasteiger partial charge in [-0.15, -0.1) is 0 Å². The van der Waals surface area contributed by atoms with E-state index in [0.29, 0.717) is 24.1 Å². The highest BCUT2D eigenvalue weighted by Crippen LogP contribution is 2.27. The monoisotopic (exact) mass is 279 g/mol. The third-order valence-corrected chi connectivity index (χ3v) is 4.18. The fraction of sp³-hybridized carbons (Fsp3) is 0.533. The van der Waals surface area contributed by atoms with Crippen LogP contribution in [0.4, 0.5) is 4.39 Å². The number of benzene rings is 1. The first-order valence-corrected chi connectivity index (χ1v) is 7.11. The lowest BCUT2D eigenvalue weighted by molar-refractivity contribution is 0.318. The smallest absolute Gasteiger partial charge is 0.170 e. The van der Waals surface area contributed by atoms with Gasteiger partial charge in [-0.25, -0.2) is 4.39 Å². The second-order valence-electron chi connectivity index (χ2n) is 5.50. The van der Waals surface area contributed by atoms with E-state index in [1.165, 1.54) is 37.8 Å². The highest BCUT2D eigenvalue weighted by molar-refractivity contribution is 5.98. The summed E-state index contributed by atoms with van der Waals surface area (Å²) >= 11 is 0. The number of nitrogens with one attached hydrogen (secondary N) is 1. The quantitative estimate of drug-likeness (QED) is 0.336. The van der Waals surface area contributed by atoms with E-state index < -0.39 is 0 Å². The van der Waals surface area contributed by atoms with Crippen LogP contribution >= 0.6 is 0 Å². The fourth-order valence-corrected chi connectivity index (χ4v) is 2.89. The van der Waals surface area contributed by atoms with Gasteiger partial charge in [-0.2, -0.15) is 0 Å². The van der Waals surface area contributed by atoms with E-state index >= 15 is 0 Å². The van der Waals surface area contributed by atoms with Crippen molar-refractivity contribution in [2.75, 3.05) is 0 Å². The molecule has 1 aromatic carbocycles. The Morgan fingerprint density at radius 3 is 2.85 bits per heavy atom. The van der Waals surface area contributed by atoms with E-state index in [-0.39, 0.29) is 11.7 Å². The molecule has 1 aromatic rings. The summed E-state index contributed by atoms with van der Waals surface area (Å²) in [5, 5.41) is 15.2. The van der Waals surface area contributed by atoms with Crippen molar-refractivity contribution in [2.24, 2.45) is 16.8 Å². The fourth-order valence-electron chi connectivity index (χ4n) is 2.89. The zero-order valence-electron chi connectivity index (χ0n) is 11.8. The van der Waals surface area contributed by atoms with E-state index in [2.05, 4.69) is 17.4 Å². The van der Waals surface area contributed by atoms with Crippen LogP contribution in [0.3, 0.4) is 0 Å². The lowest BCUT2D eigenvalue weighted by atomic mass is 9.99. The van der Waals surface area contributed by atoms with Gasteiger partial charge in [0.2, 0.25) is 0 Å². The minimum atomic E-state index is -0.390. The summed E-state index contributed by atoms with van der Waals surface area (Å²) in [4.78, 5) is 0. The third kappa shape index (κ3) is 3.48. The average Bonchev–Trinajstić information content (AvgIpc) is 2.99. The Balaban J connectivity index is 2.05. The molecule has 0 aromatic heterocycles. The summed E-state index contributed by atoms with van der Waals surface area (Å²) in [5.74, 6) is 0.261. The van der Waals surface area contributed by atoms with Crippen molar-refractivity contribution < 1.29 is 9.60 Å². The van der Waals surface area contributed by atoms with Crippen LogP contribution in [0.2, 0.25) is 0 Å². The van der Waals surface area contributed by atoms with Gasteiger partial charge in [0.1, 0.15) is 5.82 Å². The van der Waals surface area contributed by atoms with Gasteiger partial charge < -0.3 is 16.3 Å². The molecule has 1 aliphatic rings. The van der Waals surface area contributed by atoms with Gasteiger partial charge in [0.15, 0.2) is 5.84 Å². The van der Waals surface area contributed by atoms with E-state index in [0.717, 1.165) is 5.56 Å². The second-order valence-corrected chi connectivity index (χ2v) is 5.50. The summed E-state index contributed by atoms with van der Waals surface area (Å²) < 4.78 is 13.3. The Bertz CT molecular complexity index is 484. The molecule has 5 heteroatoms. The molecule has 0 bridgehead atoms. The van der Waals surface area contributed by atoms with Crippen molar-refractivity contribution in [2.45, 2.75) is 45.2 Å². The number of hydrogen-bond donors (Lipinski definition) is 3. The predicted molar refractivity (Wildman–Crippen MR) is 77.2 cm³/mol. The normalized spacial score (nSPS) is 18.4. The number of oxime groups is 1. The number of nitrogens with zero attached hydrogens (tertiary/aromatic N) is 1. The molecule has 1 atom stereocenters. The molecule has 1 saturated carbocycles. The van der Waals surface area contributed by atoms with Gasteiger partial charge in [0, 0.05) is 18.2 Å². The van der Waals surface area contributed by atoms with Crippen LogP contribution in [0.5, 0.6) is 0 Å². The van der Waals surface area contributed by atoms with E-state index in [9.17, 15) is 4.39 Å². The van der Waals surface area contributed by atoms with Crippen LogP contribution in [0.1, 0.15) is 43.7 Å². The summed E-state index contributed by atoms with van der Waals surface area (Å²) in [7, 11) is 0. The summed E-state index contributed by atoms with van der Waals surface area (Å²) in [5.41, 5.74) is 6.88. The maximum absolute atomic E-state index is 13.3. The van der Waals surface area contributed by atoms with Crippen molar-refractivity contribution >= 4 is 5.84 Å². The van der Waals surface area contributed by atoms with Gasteiger partial charge in [0.05, 0.1) is 0 Å². The zero-order chi connectivity index (χ0) is 14.5. The molecule has 0 heterocycles. The maximum Gasteiger partial charge on any atom is 0.170 e. The molecule has 110 valence electrons. The Morgan fingerprint density at radius 2 is 2.20 bits per heavy atom. The first-order valence-electron chi connectivity index (χ1n) is 7.11. The highest BCUT2D eigenvalue weighted by atomic mass is 19.1. The summed E-state index contributed by atoms with van der Waals surface area (Å²) in [6.45, 7) is 2.77. The van der Waals surface area contributed by atoms with Crippen molar-refractivity contribution in [1.29, 1.82) is 0 Å². The first kappa shape index (κ1) is 14.8. The third-order valence-electron chi connectivity index (χ3n) is 4.18. The zero-order valence-corrected chi connectivity index (χ0v) is 11.8. The highest BCUT2D eigenvalue weighted by Gasteiger charge is 2.21. The minimum Gasteiger partial charge on any atom is -0.409 e. The molecule has 2 rings (SSSR count). The molecule has 1 fully saturated rings. The van der Waals surface area contributed by atoms with Crippen LogP contribution in [-0.4, -0.2) is 17.1 Å². The lowest BCUT2D eigenvalue weighted by Crippen LogP contribution is -2.32. The van der Waals surface area contributed by atoms with Gasteiger partial charge in [-0.3, -0.25) is 0 Å². The summed E-state index contributed by atoms with van der Waals surface area (Å²) in [6, 6.07) is 4.79. The molecule has 4 N–H and O–H groups in total. The summed E-state index contributed by atoms with van der Waals surface area (Å²) in [6.07, 6.45) is 5.15. The van der Waals surface area contributed by atoms with Crippen LogP contribution in [0, 0.1) is 11.7 Å². The topological polar surface area (TPSA) is 70.6 Å². The van der Waals surface area contributed by atoms with Crippen LogP contribution < -0.4 is 11.1 Å². The first-order chi connectivity index (χ1) is 9.61. The Kier molecular flexibility index (Phi) is 4.95. The molecular weight excluding hydrogens is 257 g/mol. The molecule has 0 saturated heterocycles. The van der Waals surface area contributed by atoms with E-state index in [1.807, 2.05) is 0 Å². The van der Waals surface area contributed by atoms with Crippen LogP contribution in [0.25, 0.3) is 0 Å². The van der Waals surface area contributed by atoms with E-state index in [1.54, 1.807) is 6.07 Å². The average molecular weight is 279 g/mol. The molecule has 20 heavy (non-hydrogen) atoms. The van der Waals surface area contributed by atoms with Gasteiger partial charge in [0.25, 0.3) is 0 Å². The largest absolute Gasteiger partial charge is 0.409 e. The molecule has 0 aliphatic heterocycles. The van der Waals surface area contributed by atoms with Crippen LogP contribution in [-0.2, 0) is 6.54 Å².